The second-order valence-electron chi connectivity index (χ2n) is 4.87. The highest BCUT2D eigenvalue weighted by atomic mass is 15.3. The molecule has 16 heavy (non-hydrogen) atoms. The number of nitrogens with two attached hydrogens (primary N) is 1. The van der Waals surface area contributed by atoms with Crippen LogP contribution >= 0.6 is 0 Å². The molecule has 1 aliphatic carbocycles. The highest BCUT2D eigenvalue weighted by Crippen LogP contribution is 2.31. The molecule has 2 rings (SSSR count). The van der Waals surface area contributed by atoms with Gasteiger partial charge in [0, 0.05) is 18.5 Å². The molecule has 0 aromatic carbocycles. The molecule has 4 nitrogen and oxygen atoms in total. The Balaban J connectivity index is 2.13. The van der Waals surface area contributed by atoms with Crippen LogP contribution in [0.25, 0.3) is 0 Å². The summed E-state index contributed by atoms with van der Waals surface area (Å²) in [7, 11) is 0. The Labute approximate surface area is 97.2 Å². The first-order chi connectivity index (χ1) is 7.72. The molecule has 1 saturated carbocycles. The van der Waals surface area contributed by atoms with Gasteiger partial charge in [0.05, 0.1) is 0 Å². The highest BCUT2D eigenvalue weighted by molar-refractivity contribution is 5.03. The van der Waals surface area contributed by atoms with Crippen molar-refractivity contribution < 1.29 is 0 Å². The monoisotopic (exact) mass is 222 g/mol. The minimum absolute atomic E-state index is 0.403. The van der Waals surface area contributed by atoms with Crippen LogP contribution in [-0.2, 0) is 6.54 Å². The average Bonchev–Trinajstić information content (AvgIpc) is 2.63. The Morgan fingerprint density at radius 3 is 2.56 bits per heavy atom. The average molecular weight is 222 g/mol. The Bertz CT molecular complexity index is 337. The topological polar surface area (TPSA) is 56.7 Å². The van der Waals surface area contributed by atoms with E-state index in [4.69, 9.17) is 5.73 Å². The maximum Gasteiger partial charge on any atom is 0.136 e. The summed E-state index contributed by atoms with van der Waals surface area (Å²) in [6.07, 6.45) is 5.73. The third-order valence-corrected chi connectivity index (χ3v) is 3.55. The molecular weight excluding hydrogens is 200 g/mol. The molecule has 1 heterocycles. The van der Waals surface area contributed by atoms with Crippen LogP contribution in [0.3, 0.4) is 0 Å². The summed E-state index contributed by atoms with van der Waals surface area (Å²) >= 11 is 0. The van der Waals surface area contributed by atoms with Crippen LogP contribution in [0.1, 0.15) is 56.6 Å². The van der Waals surface area contributed by atoms with Crippen molar-refractivity contribution in [2.45, 2.75) is 64.5 Å². The summed E-state index contributed by atoms with van der Waals surface area (Å²) in [6, 6.07) is 0.403. The summed E-state index contributed by atoms with van der Waals surface area (Å²) in [5.74, 6) is 2.81. The Hall–Kier alpha value is -0.900. The lowest BCUT2D eigenvalue weighted by Gasteiger charge is -2.25. The van der Waals surface area contributed by atoms with Crippen molar-refractivity contribution in [3.63, 3.8) is 0 Å². The van der Waals surface area contributed by atoms with E-state index in [1.54, 1.807) is 0 Å². The number of nitrogens with zero attached hydrogens (tertiary/aromatic N) is 3. The van der Waals surface area contributed by atoms with E-state index in [-0.39, 0.29) is 0 Å². The van der Waals surface area contributed by atoms with Gasteiger partial charge in [0.15, 0.2) is 0 Å². The number of rotatable bonds is 3. The smallest absolute Gasteiger partial charge is 0.136 e. The minimum atomic E-state index is 0.403. The normalized spacial score (nSPS) is 25.9. The van der Waals surface area contributed by atoms with E-state index in [0.717, 1.165) is 31.6 Å². The summed E-state index contributed by atoms with van der Waals surface area (Å²) in [4.78, 5) is 0. The van der Waals surface area contributed by atoms with Crippen LogP contribution in [0.2, 0.25) is 0 Å². The van der Waals surface area contributed by atoms with Crippen molar-refractivity contribution in [3.05, 3.63) is 11.6 Å². The van der Waals surface area contributed by atoms with Crippen molar-refractivity contribution in [1.29, 1.82) is 0 Å². The minimum Gasteiger partial charge on any atom is -0.328 e. The van der Waals surface area contributed by atoms with E-state index in [1.165, 1.54) is 18.7 Å². The van der Waals surface area contributed by atoms with E-state index >= 15 is 0 Å². The zero-order valence-electron chi connectivity index (χ0n) is 10.3. The molecule has 0 amide bonds. The summed E-state index contributed by atoms with van der Waals surface area (Å²) in [5, 5.41) is 8.57. The molecule has 1 aliphatic rings. The Morgan fingerprint density at radius 2 is 1.94 bits per heavy atom. The van der Waals surface area contributed by atoms with Gasteiger partial charge in [-0.05, 0) is 39.0 Å². The van der Waals surface area contributed by atoms with Gasteiger partial charge in [0.2, 0.25) is 0 Å². The lowest BCUT2D eigenvalue weighted by molar-refractivity contribution is 0.374. The number of aromatic nitrogens is 3. The predicted molar refractivity (Wildman–Crippen MR) is 64.2 cm³/mol. The molecule has 1 aromatic heterocycles. The first-order valence-corrected chi connectivity index (χ1v) is 6.37. The van der Waals surface area contributed by atoms with Crippen LogP contribution in [0, 0.1) is 6.92 Å². The lowest BCUT2D eigenvalue weighted by atomic mass is 9.86. The van der Waals surface area contributed by atoms with E-state index in [0.29, 0.717) is 12.0 Å². The van der Waals surface area contributed by atoms with Crippen LogP contribution in [-0.4, -0.2) is 20.8 Å². The van der Waals surface area contributed by atoms with Crippen LogP contribution in [0.15, 0.2) is 0 Å². The van der Waals surface area contributed by atoms with Crippen molar-refractivity contribution in [2.24, 2.45) is 5.73 Å². The molecule has 4 heteroatoms. The van der Waals surface area contributed by atoms with Gasteiger partial charge >= 0.3 is 0 Å². The van der Waals surface area contributed by atoms with Gasteiger partial charge in [-0.25, -0.2) is 0 Å². The SMILES string of the molecule is CCCn1c(C)nnc1C1CCC(N)CC1. The van der Waals surface area contributed by atoms with Gasteiger partial charge < -0.3 is 10.3 Å². The summed E-state index contributed by atoms with van der Waals surface area (Å²) in [6.45, 7) is 5.28. The van der Waals surface area contributed by atoms with Crippen LogP contribution in [0.4, 0.5) is 0 Å². The Morgan fingerprint density at radius 1 is 1.25 bits per heavy atom. The van der Waals surface area contributed by atoms with Crippen molar-refractivity contribution in [1.82, 2.24) is 14.8 Å². The molecule has 0 spiro atoms. The second kappa shape index (κ2) is 4.95. The van der Waals surface area contributed by atoms with Crippen LogP contribution in [0.5, 0.6) is 0 Å². The maximum absolute atomic E-state index is 5.93. The van der Waals surface area contributed by atoms with Crippen molar-refractivity contribution in [3.8, 4) is 0 Å². The number of hydrogen-bond acceptors (Lipinski definition) is 3. The van der Waals surface area contributed by atoms with Gasteiger partial charge in [-0.3, -0.25) is 0 Å². The molecule has 0 unspecified atom stereocenters. The zero-order chi connectivity index (χ0) is 11.5. The lowest BCUT2D eigenvalue weighted by Crippen LogP contribution is -2.27. The standard InChI is InChI=1S/C12H22N4/c1-3-8-16-9(2)14-15-12(16)10-4-6-11(13)7-5-10/h10-11H,3-8,13H2,1-2H3. The van der Waals surface area contributed by atoms with E-state index < -0.39 is 0 Å². The van der Waals surface area contributed by atoms with Gasteiger partial charge in [0.25, 0.3) is 0 Å². The number of hydrogen-bond donors (Lipinski definition) is 1. The molecule has 0 bridgehead atoms. The fraction of sp³-hybridized carbons (Fsp3) is 0.833. The van der Waals surface area contributed by atoms with Crippen LogP contribution < -0.4 is 5.73 Å². The Kier molecular flexibility index (Phi) is 3.59. The van der Waals surface area contributed by atoms with Gasteiger partial charge in [-0.1, -0.05) is 6.92 Å². The van der Waals surface area contributed by atoms with Crippen molar-refractivity contribution >= 4 is 0 Å². The van der Waals surface area contributed by atoms with Gasteiger partial charge in [0.1, 0.15) is 11.6 Å². The second-order valence-corrected chi connectivity index (χ2v) is 4.87. The molecule has 0 radical (unpaired) electrons. The molecule has 2 N–H and O–H groups in total. The first-order valence-electron chi connectivity index (χ1n) is 6.37. The molecule has 0 atom stereocenters. The van der Waals surface area contributed by atoms with Gasteiger partial charge in [-0.2, -0.15) is 0 Å². The fourth-order valence-electron chi connectivity index (χ4n) is 2.58. The molecule has 1 fully saturated rings. The molecule has 1 aromatic rings. The predicted octanol–water partition coefficient (Wildman–Crippen LogP) is 1.98. The fourth-order valence-corrected chi connectivity index (χ4v) is 2.58. The molecule has 0 saturated heterocycles. The maximum atomic E-state index is 5.93. The number of aryl methyl sites for hydroxylation is 1. The third-order valence-electron chi connectivity index (χ3n) is 3.55. The highest BCUT2D eigenvalue weighted by Gasteiger charge is 2.24. The third kappa shape index (κ3) is 2.26. The van der Waals surface area contributed by atoms with E-state index in [2.05, 4.69) is 21.7 Å². The largest absolute Gasteiger partial charge is 0.328 e. The summed E-state index contributed by atoms with van der Waals surface area (Å²) in [5.41, 5.74) is 5.93. The first kappa shape index (κ1) is 11.6. The zero-order valence-corrected chi connectivity index (χ0v) is 10.3. The van der Waals surface area contributed by atoms with Gasteiger partial charge in [-0.15, -0.1) is 10.2 Å². The quantitative estimate of drug-likeness (QED) is 0.850. The summed E-state index contributed by atoms with van der Waals surface area (Å²) < 4.78 is 2.28. The molecule has 0 aliphatic heterocycles. The van der Waals surface area contributed by atoms with Crippen molar-refractivity contribution in [2.75, 3.05) is 0 Å². The van der Waals surface area contributed by atoms with E-state index in [9.17, 15) is 0 Å². The molecule has 90 valence electrons. The van der Waals surface area contributed by atoms with E-state index in [1.807, 2.05) is 6.92 Å². The molecular formula is C12H22N4.